The predicted molar refractivity (Wildman–Crippen MR) is 76.2 cm³/mol. The van der Waals surface area contributed by atoms with Crippen molar-refractivity contribution in [2.24, 2.45) is 0 Å². The van der Waals surface area contributed by atoms with Crippen LogP contribution in [0.3, 0.4) is 0 Å². The SMILES string of the molecule is Cc1cccc(C2CNC(=O)c3c(N)cccc32)c1. The summed E-state index contributed by atoms with van der Waals surface area (Å²) in [6.45, 7) is 2.70. The minimum Gasteiger partial charge on any atom is -0.398 e. The maximum absolute atomic E-state index is 12.0. The summed E-state index contributed by atoms with van der Waals surface area (Å²) in [5.74, 6) is 0.105. The fraction of sp³-hybridized carbons (Fsp3) is 0.188. The van der Waals surface area contributed by atoms with Crippen molar-refractivity contribution in [1.29, 1.82) is 0 Å². The number of rotatable bonds is 1. The van der Waals surface area contributed by atoms with Crippen molar-refractivity contribution in [2.75, 3.05) is 12.3 Å². The Morgan fingerprint density at radius 2 is 2.00 bits per heavy atom. The summed E-state index contributed by atoms with van der Waals surface area (Å²) in [5.41, 5.74) is 10.6. The molecule has 0 radical (unpaired) electrons. The molecule has 2 aromatic rings. The summed E-state index contributed by atoms with van der Waals surface area (Å²) in [5, 5.41) is 2.93. The second kappa shape index (κ2) is 4.43. The van der Waals surface area contributed by atoms with Gasteiger partial charge in [0, 0.05) is 18.2 Å². The zero-order valence-electron chi connectivity index (χ0n) is 10.8. The second-order valence-corrected chi connectivity index (χ2v) is 4.99. The number of fused-ring (bicyclic) bond motifs is 1. The fourth-order valence-corrected chi connectivity index (χ4v) is 2.72. The van der Waals surface area contributed by atoms with E-state index in [1.54, 1.807) is 6.07 Å². The summed E-state index contributed by atoms with van der Waals surface area (Å²) < 4.78 is 0. The zero-order valence-corrected chi connectivity index (χ0v) is 10.8. The molecule has 1 atom stereocenters. The molecule has 2 aromatic carbocycles. The number of anilines is 1. The Hall–Kier alpha value is -2.29. The Balaban J connectivity index is 2.14. The molecule has 0 spiro atoms. The smallest absolute Gasteiger partial charge is 0.253 e. The van der Waals surface area contributed by atoms with Crippen molar-refractivity contribution in [3.05, 3.63) is 64.7 Å². The number of benzene rings is 2. The molecule has 3 heteroatoms. The van der Waals surface area contributed by atoms with Gasteiger partial charge in [0.25, 0.3) is 5.91 Å². The first-order valence-electron chi connectivity index (χ1n) is 6.40. The van der Waals surface area contributed by atoms with Gasteiger partial charge in [-0.05, 0) is 24.1 Å². The lowest BCUT2D eigenvalue weighted by Gasteiger charge is -2.27. The van der Waals surface area contributed by atoms with Crippen molar-refractivity contribution < 1.29 is 4.79 Å². The van der Waals surface area contributed by atoms with Crippen LogP contribution in [-0.4, -0.2) is 12.5 Å². The Morgan fingerprint density at radius 3 is 2.79 bits per heavy atom. The summed E-state index contributed by atoms with van der Waals surface area (Å²) >= 11 is 0. The number of amides is 1. The predicted octanol–water partition coefficient (Wildman–Crippen LogP) is 2.45. The Kier molecular flexibility index (Phi) is 2.75. The van der Waals surface area contributed by atoms with Gasteiger partial charge in [0.05, 0.1) is 5.56 Å². The van der Waals surface area contributed by atoms with E-state index in [-0.39, 0.29) is 11.8 Å². The van der Waals surface area contributed by atoms with E-state index < -0.39 is 0 Å². The Labute approximate surface area is 112 Å². The van der Waals surface area contributed by atoms with Crippen molar-refractivity contribution in [3.8, 4) is 0 Å². The molecule has 0 bridgehead atoms. The van der Waals surface area contributed by atoms with Gasteiger partial charge in [-0.3, -0.25) is 4.79 Å². The van der Waals surface area contributed by atoms with Crippen molar-refractivity contribution in [2.45, 2.75) is 12.8 Å². The molecule has 0 aromatic heterocycles. The molecule has 19 heavy (non-hydrogen) atoms. The lowest BCUT2D eigenvalue weighted by Crippen LogP contribution is -2.36. The summed E-state index contributed by atoms with van der Waals surface area (Å²) in [6, 6.07) is 14.1. The average Bonchev–Trinajstić information content (AvgIpc) is 2.39. The minimum absolute atomic E-state index is 0.0722. The number of hydrogen-bond donors (Lipinski definition) is 2. The average molecular weight is 252 g/mol. The number of carbonyl (C=O) groups is 1. The van der Waals surface area contributed by atoms with Gasteiger partial charge in [-0.25, -0.2) is 0 Å². The van der Waals surface area contributed by atoms with E-state index in [1.807, 2.05) is 18.2 Å². The first-order chi connectivity index (χ1) is 9.16. The van der Waals surface area contributed by atoms with Crippen molar-refractivity contribution in [1.82, 2.24) is 5.32 Å². The second-order valence-electron chi connectivity index (χ2n) is 4.99. The van der Waals surface area contributed by atoms with E-state index in [0.717, 1.165) is 5.56 Å². The highest BCUT2D eigenvalue weighted by molar-refractivity contribution is 6.02. The van der Waals surface area contributed by atoms with Crippen molar-refractivity contribution in [3.63, 3.8) is 0 Å². The Bertz CT molecular complexity index is 649. The number of hydrogen-bond acceptors (Lipinski definition) is 2. The lowest BCUT2D eigenvalue weighted by atomic mass is 9.84. The first kappa shape index (κ1) is 11.8. The molecule has 1 unspecified atom stereocenters. The number of nitrogen functional groups attached to an aromatic ring is 1. The normalized spacial score (nSPS) is 17.7. The highest BCUT2D eigenvalue weighted by Crippen LogP contribution is 2.32. The highest BCUT2D eigenvalue weighted by Gasteiger charge is 2.27. The van der Waals surface area contributed by atoms with Crippen LogP contribution < -0.4 is 11.1 Å². The molecule has 0 saturated heterocycles. The molecule has 0 fully saturated rings. The number of nitrogens with one attached hydrogen (secondary N) is 1. The molecule has 0 aliphatic carbocycles. The van der Waals surface area contributed by atoms with E-state index in [0.29, 0.717) is 17.8 Å². The maximum Gasteiger partial charge on any atom is 0.253 e. The third-order valence-electron chi connectivity index (χ3n) is 3.64. The van der Waals surface area contributed by atoms with Crippen LogP contribution in [0.5, 0.6) is 0 Å². The molecular weight excluding hydrogens is 236 g/mol. The number of carbonyl (C=O) groups excluding carboxylic acids is 1. The molecule has 96 valence electrons. The summed E-state index contributed by atoms with van der Waals surface area (Å²) in [6.07, 6.45) is 0. The Morgan fingerprint density at radius 1 is 1.21 bits per heavy atom. The standard InChI is InChI=1S/C16H16N2O/c1-10-4-2-5-11(8-10)13-9-18-16(19)15-12(13)6-3-7-14(15)17/h2-8,13H,9,17H2,1H3,(H,18,19). The minimum atomic E-state index is -0.0722. The van der Waals surface area contributed by atoms with Crippen LogP contribution >= 0.6 is 0 Å². The number of nitrogens with two attached hydrogens (primary N) is 1. The summed E-state index contributed by atoms with van der Waals surface area (Å²) in [7, 11) is 0. The molecule has 1 amide bonds. The van der Waals surface area contributed by atoms with E-state index in [1.165, 1.54) is 11.1 Å². The zero-order chi connectivity index (χ0) is 13.4. The van der Waals surface area contributed by atoms with Crippen LogP contribution in [-0.2, 0) is 0 Å². The first-order valence-corrected chi connectivity index (χ1v) is 6.40. The monoisotopic (exact) mass is 252 g/mol. The molecule has 1 heterocycles. The largest absolute Gasteiger partial charge is 0.398 e. The van der Waals surface area contributed by atoms with Crippen LogP contribution in [0, 0.1) is 6.92 Å². The van der Waals surface area contributed by atoms with Gasteiger partial charge in [-0.15, -0.1) is 0 Å². The molecule has 1 aliphatic rings. The number of aryl methyl sites for hydroxylation is 1. The third kappa shape index (κ3) is 1.97. The van der Waals surface area contributed by atoms with Gasteiger partial charge in [0.2, 0.25) is 0 Å². The van der Waals surface area contributed by atoms with E-state index in [2.05, 4.69) is 30.4 Å². The van der Waals surface area contributed by atoms with Crippen LogP contribution in [0.25, 0.3) is 0 Å². The van der Waals surface area contributed by atoms with Gasteiger partial charge >= 0.3 is 0 Å². The van der Waals surface area contributed by atoms with Crippen LogP contribution in [0.2, 0.25) is 0 Å². The van der Waals surface area contributed by atoms with Gasteiger partial charge in [-0.2, -0.15) is 0 Å². The van der Waals surface area contributed by atoms with Crippen LogP contribution in [0.1, 0.15) is 33.0 Å². The molecule has 3 nitrogen and oxygen atoms in total. The van der Waals surface area contributed by atoms with Gasteiger partial charge in [0.1, 0.15) is 0 Å². The van der Waals surface area contributed by atoms with Crippen LogP contribution in [0.15, 0.2) is 42.5 Å². The molecular formula is C16H16N2O. The summed E-state index contributed by atoms with van der Waals surface area (Å²) in [4.78, 5) is 12.0. The highest BCUT2D eigenvalue weighted by atomic mass is 16.1. The quantitative estimate of drug-likeness (QED) is 0.766. The van der Waals surface area contributed by atoms with E-state index in [9.17, 15) is 4.79 Å². The van der Waals surface area contributed by atoms with E-state index in [4.69, 9.17) is 5.73 Å². The van der Waals surface area contributed by atoms with Gasteiger partial charge in [0.15, 0.2) is 0 Å². The lowest BCUT2D eigenvalue weighted by molar-refractivity contribution is 0.0944. The molecule has 3 rings (SSSR count). The topological polar surface area (TPSA) is 55.1 Å². The fourth-order valence-electron chi connectivity index (χ4n) is 2.72. The van der Waals surface area contributed by atoms with Crippen LogP contribution in [0.4, 0.5) is 5.69 Å². The van der Waals surface area contributed by atoms with Gasteiger partial charge in [-0.1, -0.05) is 42.0 Å². The molecule has 1 aliphatic heterocycles. The van der Waals surface area contributed by atoms with E-state index >= 15 is 0 Å². The third-order valence-corrected chi connectivity index (χ3v) is 3.64. The van der Waals surface area contributed by atoms with Gasteiger partial charge < -0.3 is 11.1 Å². The molecule has 0 saturated carbocycles. The molecule has 3 N–H and O–H groups in total. The van der Waals surface area contributed by atoms with Crippen molar-refractivity contribution >= 4 is 11.6 Å². The maximum atomic E-state index is 12.0.